The Morgan fingerprint density at radius 2 is 1.93 bits per heavy atom. The minimum atomic E-state index is -0.241. The van der Waals surface area contributed by atoms with Gasteiger partial charge in [-0.05, 0) is 75.3 Å². The average Bonchev–Trinajstić information content (AvgIpc) is 2.69. The first kappa shape index (κ1) is 21.5. The normalized spacial score (nSPS) is 17.1. The van der Waals surface area contributed by atoms with Crippen LogP contribution < -0.4 is 5.32 Å². The van der Waals surface area contributed by atoms with Crippen molar-refractivity contribution in [1.82, 2.24) is 15.4 Å². The molecule has 0 saturated carbocycles. The van der Waals surface area contributed by atoms with Crippen LogP contribution in [-0.4, -0.2) is 28.7 Å². The minimum absolute atomic E-state index is 0.112. The number of nitrogens with zero attached hydrogens (tertiary/aromatic N) is 2. The van der Waals surface area contributed by atoms with Crippen LogP contribution >= 0.6 is 0 Å². The number of benzene rings is 1. The van der Waals surface area contributed by atoms with Gasteiger partial charge in [0.25, 0.3) is 0 Å². The molecule has 1 atom stereocenters. The first-order valence-corrected chi connectivity index (χ1v) is 10.4. The molecule has 1 aliphatic rings. The molecule has 2 aromatic rings. The van der Waals surface area contributed by atoms with Crippen molar-refractivity contribution in [2.24, 2.45) is 5.92 Å². The van der Waals surface area contributed by atoms with E-state index in [-0.39, 0.29) is 17.5 Å². The third kappa shape index (κ3) is 6.65. The maximum absolute atomic E-state index is 13.2. The van der Waals surface area contributed by atoms with Gasteiger partial charge < -0.3 is 5.32 Å². The molecule has 1 N–H and O–H groups in total. The van der Waals surface area contributed by atoms with Crippen molar-refractivity contribution < 1.29 is 9.23 Å². The van der Waals surface area contributed by atoms with Crippen LogP contribution in [0.15, 0.2) is 55.4 Å². The lowest BCUT2D eigenvalue weighted by molar-refractivity contribution is -0.239. The molecule has 1 aromatic heterocycles. The summed E-state index contributed by atoms with van der Waals surface area (Å²) in [6, 6.07) is 10.6. The Morgan fingerprint density at radius 3 is 2.52 bits per heavy atom. The predicted octanol–water partition coefficient (Wildman–Crippen LogP) is 5.35. The van der Waals surface area contributed by atoms with E-state index in [1.165, 1.54) is 12.1 Å². The fourth-order valence-electron chi connectivity index (χ4n) is 3.76. The number of piperidine rings is 1. The number of hydrogen-bond acceptors (Lipinski definition) is 4. The molecule has 29 heavy (non-hydrogen) atoms. The number of nitrogens with one attached hydrogen (secondary N) is 1. The summed E-state index contributed by atoms with van der Waals surface area (Å²) in [5.74, 6) is 0.350. The van der Waals surface area contributed by atoms with Gasteiger partial charge in [-0.1, -0.05) is 24.8 Å². The maximum Gasteiger partial charge on any atom is 0.123 e. The van der Waals surface area contributed by atoms with E-state index in [0.29, 0.717) is 5.92 Å². The zero-order valence-corrected chi connectivity index (χ0v) is 17.7. The highest BCUT2D eigenvalue weighted by atomic mass is 19.1. The highest BCUT2D eigenvalue weighted by Gasteiger charge is 2.26. The Labute approximate surface area is 173 Å². The number of hydroxylamine groups is 2. The maximum atomic E-state index is 13.2. The smallest absolute Gasteiger partial charge is 0.123 e. The second-order valence-corrected chi connectivity index (χ2v) is 8.78. The molecule has 3 rings (SSSR count). The minimum Gasteiger partial charge on any atom is -0.378 e. The predicted molar refractivity (Wildman–Crippen MR) is 115 cm³/mol. The van der Waals surface area contributed by atoms with E-state index in [9.17, 15) is 4.39 Å². The fraction of sp³-hybridized carbons (Fsp3) is 0.458. The summed E-state index contributed by atoms with van der Waals surface area (Å²) in [7, 11) is 0. The van der Waals surface area contributed by atoms with Gasteiger partial charge in [0.15, 0.2) is 0 Å². The molecule has 0 spiro atoms. The first-order chi connectivity index (χ1) is 13.8. The topological polar surface area (TPSA) is 37.4 Å². The molecule has 0 bridgehead atoms. The lowest BCUT2D eigenvalue weighted by Crippen LogP contribution is -2.40. The van der Waals surface area contributed by atoms with Gasteiger partial charge in [-0.15, -0.1) is 0 Å². The molecule has 2 heterocycles. The molecule has 1 unspecified atom stereocenters. The molecule has 156 valence electrons. The third-order valence-corrected chi connectivity index (χ3v) is 5.17. The van der Waals surface area contributed by atoms with Crippen molar-refractivity contribution in [3.05, 3.63) is 72.3 Å². The standard InChI is InChI=1S/C24H32FN3O/c1-18(20-7-9-22(25)10-8-20)27-23(21-6-5-13-26-17-21)16-19-11-14-28(15-12-19)29-24(2,3)4/h5-10,13,17,19,23,27H,1,11-12,14-16H2,2-4H3. The Balaban J connectivity index is 1.64. The Morgan fingerprint density at radius 1 is 1.24 bits per heavy atom. The van der Waals surface area contributed by atoms with E-state index in [0.717, 1.165) is 49.2 Å². The van der Waals surface area contributed by atoms with Crippen LogP contribution in [0.25, 0.3) is 5.70 Å². The van der Waals surface area contributed by atoms with Crippen molar-refractivity contribution in [2.45, 2.75) is 51.7 Å². The van der Waals surface area contributed by atoms with Crippen LogP contribution in [-0.2, 0) is 4.84 Å². The van der Waals surface area contributed by atoms with Crippen molar-refractivity contribution in [3.63, 3.8) is 0 Å². The summed E-state index contributed by atoms with van der Waals surface area (Å²) in [6.07, 6.45) is 6.88. The molecule has 0 aliphatic carbocycles. The van der Waals surface area contributed by atoms with Gasteiger partial charge in [0, 0.05) is 31.2 Å². The number of hydrogen-bond donors (Lipinski definition) is 1. The summed E-state index contributed by atoms with van der Waals surface area (Å²) in [5.41, 5.74) is 2.68. The number of pyridine rings is 1. The molecule has 1 aliphatic heterocycles. The largest absolute Gasteiger partial charge is 0.378 e. The lowest BCUT2D eigenvalue weighted by atomic mass is 9.88. The van der Waals surface area contributed by atoms with Gasteiger partial charge in [-0.3, -0.25) is 9.82 Å². The average molecular weight is 398 g/mol. The SMILES string of the molecule is C=C(NC(CC1CCN(OC(C)(C)C)CC1)c1cccnc1)c1ccc(F)cc1. The number of rotatable bonds is 7. The number of halogens is 1. The van der Waals surface area contributed by atoms with E-state index in [1.54, 1.807) is 18.3 Å². The zero-order chi connectivity index (χ0) is 20.9. The van der Waals surface area contributed by atoms with Crippen molar-refractivity contribution >= 4 is 5.70 Å². The Bertz CT molecular complexity index is 778. The van der Waals surface area contributed by atoms with Crippen LogP contribution in [0.1, 0.15) is 57.2 Å². The quantitative estimate of drug-likeness (QED) is 0.683. The summed E-state index contributed by atoms with van der Waals surface area (Å²) in [5, 5.41) is 5.66. The Hall–Kier alpha value is -2.24. The van der Waals surface area contributed by atoms with E-state index in [4.69, 9.17) is 4.84 Å². The van der Waals surface area contributed by atoms with Crippen LogP contribution in [0.2, 0.25) is 0 Å². The van der Waals surface area contributed by atoms with E-state index in [2.05, 4.69) is 48.8 Å². The van der Waals surface area contributed by atoms with Crippen molar-refractivity contribution in [1.29, 1.82) is 0 Å². The summed E-state index contributed by atoms with van der Waals surface area (Å²) >= 11 is 0. The van der Waals surface area contributed by atoms with Gasteiger partial charge >= 0.3 is 0 Å². The van der Waals surface area contributed by atoms with Crippen molar-refractivity contribution in [3.8, 4) is 0 Å². The van der Waals surface area contributed by atoms with Gasteiger partial charge in [0.2, 0.25) is 0 Å². The molecule has 4 nitrogen and oxygen atoms in total. The highest BCUT2D eigenvalue weighted by Crippen LogP contribution is 2.30. The van der Waals surface area contributed by atoms with Crippen LogP contribution in [0, 0.1) is 11.7 Å². The number of aromatic nitrogens is 1. The molecule has 1 aromatic carbocycles. The van der Waals surface area contributed by atoms with E-state index < -0.39 is 0 Å². The van der Waals surface area contributed by atoms with Crippen molar-refractivity contribution in [2.75, 3.05) is 13.1 Å². The molecule has 0 amide bonds. The summed E-state index contributed by atoms with van der Waals surface area (Å²) < 4.78 is 13.2. The highest BCUT2D eigenvalue weighted by molar-refractivity contribution is 5.61. The van der Waals surface area contributed by atoms with Crippen LogP contribution in [0.3, 0.4) is 0 Å². The van der Waals surface area contributed by atoms with Gasteiger partial charge in [0.1, 0.15) is 5.82 Å². The summed E-state index contributed by atoms with van der Waals surface area (Å²) in [4.78, 5) is 10.3. The van der Waals surface area contributed by atoms with Gasteiger partial charge in [-0.25, -0.2) is 4.39 Å². The lowest BCUT2D eigenvalue weighted by Gasteiger charge is -2.36. The molecule has 1 saturated heterocycles. The van der Waals surface area contributed by atoms with Crippen LogP contribution in [0.5, 0.6) is 0 Å². The fourth-order valence-corrected chi connectivity index (χ4v) is 3.76. The molecular formula is C24H32FN3O. The zero-order valence-electron chi connectivity index (χ0n) is 17.7. The Kier molecular flexibility index (Phi) is 7.04. The second-order valence-electron chi connectivity index (χ2n) is 8.78. The first-order valence-electron chi connectivity index (χ1n) is 10.4. The van der Waals surface area contributed by atoms with Crippen LogP contribution in [0.4, 0.5) is 4.39 Å². The second kappa shape index (κ2) is 9.51. The molecule has 1 fully saturated rings. The molecular weight excluding hydrogens is 365 g/mol. The third-order valence-electron chi connectivity index (χ3n) is 5.17. The van der Waals surface area contributed by atoms with Gasteiger partial charge in [0.05, 0.1) is 11.6 Å². The van der Waals surface area contributed by atoms with E-state index in [1.807, 2.05) is 12.3 Å². The summed E-state index contributed by atoms with van der Waals surface area (Å²) in [6.45, 7) is 12.3. The van der Waals surface area contributed by atoms with E-state index >= 15 is 0 Å². The molecule has 0 radical (unpaired) electrons. The van der Waals surface area contributed by atoms with Gasteiger partial charge in [-0.2, -0.15) is 5.06 Å². The monoisotopic (exact) mass is 397 g/mol. The molecule has 5 heteroatoms.